The fraction of sp³-hybridized carbons (Fsp3) is 0.222. The van der Waals surface area contributed by atoms with Crippen LogP contribution in [0.4, 0.5) is 0 Å². The number of nitrogens with zero attached hydrogens (tertiary/aromatic N) is 1. The Labute approximate surface area is 134 Å². The summed E-state index contributed by atoms with van der Waals surface area (Å²) in [5, 5.41) is 2.34. The Morgan fingerprint density at radius 1 is 1.14 bits per heavy atom. The largest absolute Gasteiger partial charge is 0.299 e. The van der Waals surface area contributed by atoms with Crippen molar-refractivity contribution >= 4 is 23.0 Å². The van der Waals surface area contributed by atoms with Crippen LogP contribution >= 0.6 is 12.2 Å². The molecule has 0 aliphatic carbocycles. The minimum atomic E-state index is -0.0736. The molecule has 3 rings (SSSR count). The van der Waals surface area contributed by atoms with Gasteiger partial charge >= 0.3 is 0 Å². The van der Waals surface area contributed by atoms with E-state index in [1.807, 2.05) is 29.0 Å². The molecule has 1 heterocycles. The fourth-order valence-corrected chi connectivity index (χ4v) is 2.83. The molecule has 0 saturated carbocycles. The van der Waals surface area contributed by atoms with Crippen LogP contribution in [0.25, 0.3) is 16.5 Å². The standard InChI is InChI=1S/C18H18N2OS/c1-2-3-6-15-12-20(18(22)19-17(15)21)16-10-9-13-7-4-5-8-14(13)11-16/h4-5,7-12H,2-3,6H2,1H3,(H,19,21,22). The number of benzene rings is 2. The molecule has 0 saturated heterocycles. The van der Waals surface area contributed by atoms with Gasteiger partial charge in [0.15, 0.2) is 4.77 Å². The summed E-state index contributed by atoms with van der Waals surface area (Å²) in [4.78, 5) is 14.8. The average molecular weight is 310 g/mol. The van der Waals surface area contributed by atoms with Crippen LogP contribution in [0.1, 0.15) is 25.3 Å². The lowest BCUT2D eigenvalue weighted by Crippen LogP contribution is -2.17. The second-order valence-corrected chi connectivity index (χ2v) is 5.81. The maximum absolute atomic E-state index is 12.0. The lowest BCUT2D eigenvalue weighted by atomic mass is 10.1. The highest BCUT2D eigenvalue weighted by Gasteiger charge is 2.05. The predicted molar refractivity (Wildman–Crippen MR) is 93.3 cm³/mol. The summed E-state index contributed by atoms with van der Waals surface area (Å²) in [6, 6.07) is 14.4. The molecule has 0 unspecified atom stereocenters. The molecule has 0 fully saturated rings. The van der Waals surface area contributed by atoms with Crippen LogP contribution in [0.15, 0.2) is 53.5 Å². The van der Waals surface area contributed by atoms with E-state index in [2.05, 4.69) is 36.2 Å². The van der Waals surface area contributed by atoms with Crippen molar-refractivity contribution in [3.8, 4) is 5.69 Å². The fourth-order valence-electron chi connectivity index (χ4n) is 2.57. The normalized spacial score (nSPS) is 11.0. The van der Waals surface area contributed by atoms with E-state index >= 15 is 0 Å². The SMILES string of the molecule is CCCCc1cn(-c2ccc3ccccc3c2)c(=S)[nH]c1=O. The Hall–Kier alpha value is -2.20. The van der Waals surface area contributed by atoms with E-state index in [4.69, 9.17) is 12.2 Å². The first-order valence-electron chi connectivity index (χ1n) is 7.53. The van der Waals surface area contributed by atoms with Gasteiger partial charge in [-0.1, -0.05) is 43.7 Å². The molecular formula is C18H18N2OS. The van der Waals surface area contributed by atoms with E-state index in [-0.39, 0.29) is 5.56 Å². The lowest BCUT2D eigenvalue weighted by molar-refractivity contribution is 0.769. The number of fused-ring (bicyclic) bond motifs is 1. The summed E-state index contributed by atoms with van der Waals surface area (Å²) in [5.41, 5.74) is 1.68. The van der Waals surface area contributed by atoms with Crippen LogP contribution in [0, 0.1) is 4.77 Å². The number of unbranched alkanes of at least 4 members (excludes halogenated alkanes) is 1. The van der Waals surface area contributed by atoms with Gasteiger partial charge in [-0.3, -0.25) is 14.3 Å². The summed E-state index contributed by atoms with van der Waals surface area (Å²) < 4.78 is 2.31. The van der Waals surface area contributed by atoms with Crippen molar-refractivity contribution in [1.82, 2.24) is 9.55 Å². The van der Waals surface area contributed by atoms with Crippen molar-refractivity contribution in [1.29, 1.82) is 0 Å². The Kier molecular flexibility index (Phi) is 4.20. The summed E-state index contributed by atoms with van der Waals surface area (Å²) in [7, 11) is 0. The number of aromatic nitrogens is 2. The molecule has 0 atom stereocenters. The minimum Gasteiger partial charge on any atom is -0.299 e. The second-order valence-electron chi connectivity index (χ2n) is 5.42. The highest BCUT2D eigenvalue weighted by atomic mass is 32.1. The van der Waals surface area contributed by atoms with Crippen LogP contribution in [0.3, 0.4) is 0 Å². The number of nitrogens with one attached hydrogen (secondary N) is 1. The van der Waals surface area contributed by atoms with Gasteiger partial charge in [-0.2, -0.15) is 0 Å². The molecule has 2 aromatic carbocycles. The maximum atomic E-state index is 12.0. The van der Waals surface area contributed by atoms with Crippen LogP contribution in [-0.4, -0.2) is 9.55 Å². The Morgan fingerprint density at radius 3 is 2.68 bits per heavy atom. The third kappa shape index (κ3) is 2.88. The van der Waals surface area contributed by atoms with Crippen molar-refractivity contribution in [3.63, 3.8) is 0 Å². The molecule has 22 heavy (non-hydrogen) atoms. The van der Waals surface area contributed by atoms with Gasteiger partial charge in [0.05, 0.1) is 0 Å². The van der Waals surface area contributed by atoms with Crippen molar-refractivity contribution in [2.24, 2.45) is 0 Å². The van der Waals surface area contributed by atoms with Crippen LogP contribution in [0.2, 0.25) is 0 Å². The highest BCUT2D eigenvalue weighted by Crippen LogP contribution is 2.18. The molecule has 3 nitrogen and oxygen atoms in total. The Bertz CT molecular complexity index is 924. The van der Waals surface area contributed by atoms with Crippen molar-refractivity contribution in [2.45, 2.75) is 26.2 Å². The number of H-pyrrole nitrogens is 1. The van der Waals surface area contributed by atoms with Crippen molar-refractivity contribution in [3.05, 3.63) is 69.3 Å². The van der Waals surface area contributed by atoms with Gasteiger partial charge in [0.25, 0.3) is 5.56 Å². The Balaban J connectivity index is 2.12. The molecular weight excluding hydrogens is 292 g/mol. The smallest absolute Gasteiger partial charge is 0.254 e. The third-order valence-electron chi connectivity index (χ3n) is 3.83. The molecule has 1 N–H and O–H groups in total. The van der Waals surface area contributed by atoms with E-state index in [9.17, 15) is 4.79 Å². The lowest BCUT2D eigenvalue weighted by Gasteiger charge is -2.10. The van der Waals surface area contributed by atoms with Crippen LogP contribution in [-0.2, 0) is 6.42 Å². The van der Waals surface area contributed by atoms with Crippen LogP contribution < -0.4 is 5.56 Å². The molecule has 112 valence electrons. The van der Waals surface area contributed by atoms with Gasteiger partial charge in [0.2, 0.25) is 0 Å². The van der Waals surface area contributed by atoms with Crippen molar-refractivity contribution in [2.75, 3.05) is 0 Å². The number of hydrogen-bond donors (Lipinski definition) is 1. The maximum Gasteiger partial charge on any atom is 0.254 e. The highest BCUT2D eigenvalue weighted by molar-refractivity contribution is 7.71. The topological polar surface area (TPSA) is 37.8 Å². The van der Waals surface area contributed by atoms with Gasteiger partial charge in [-0.05, 0) is 48.0 Å². The second kappa shape index (κ2) is 6.28. The molecule has 0 radical (unpaired) electrons. The van der Waals surface area contributed by atoms with E-state index in [1.165, 1.54) is 5.39 Å². The monoisotopic (exact) mass is 310 g/mol. The molecule has 1 aromatic heterocycles. The summed E-state index contributed by atoms with van der Waals surface area (Å²) in [6.45, 7) is 2.12. The first kappa shape index (κ1) is 14.7. The summed E-state index contributed by atoms with van der Waals surface area (Å²) in [5.74, 6) is 0. The zero-order chi connectivity index (χ0) is 15.5. The number of aromatic amines is 1. The molecule has 4 heteroatoms. The molecule has 0 aliphatic rings. The molecule has 0 aliphatic heterocycles. The summed E-state index contributed by atoms with van der Waals surface area (Å²) in [6.07, 6.45) is 4.71. The average Bonchev–Trinajstić information content (AvgIpc) is 2.53. The van der Waals surface area contributed by atoms with Gasteiger partial charge in [-0.25, -0.2) is 0 Å². The number of aryl methyl sites for hydroxylation is 1. The van der Waals surface area contributed by atoms with E-state index < -0.39 is 0 Å². The zero-order valence-corrected chi connectivity index (χ0v) is 13.3. The van der Waals surface area contributed by atoms with E-state index in [0.29, 0.717) is 4.77 Å². The number of rotatable bonds is 4. The quantitative estimate of drug-likeness (QED) is 0.726. The van der Waals surface area contributed by atoms with Gasteiger partial charge in [0.1, 0.15) is 0 Å². The third-order valence-corrected chi connectivity index (χ3v) is 4.13. The van der Waals surface area contributed by atoms with Gasteiger partial charge in [-0.15, -0.1) is 0 Å². The van der Waals surface area contributed by atoms with Crippen LogP contribution in [0.5, 0.6) is 0 Å². The molecule has 3 aromatic rings. The van der Waals surface area contributed by atoms with E-state index in [0.717, 1.165) is 35.9 Å². The van der Waals surface area contributed by atoms with Gasteiger partial charge in [0, 0.05) is 17.4 Å². The first-order valence-corrected chi connectivity index (χ1v) is 7.94. The first-order chi connectivity index (χ1) is 10.7. The zero-order valence-electron chi connectivity index (χ0n) is 12.5. The summed E-state index contributed by atoms with van der Waals surface area (Å²) >= 11 is 5.32. The Morgan fingerprint density at radius 2 is 1.91 bits per heavy atom. The van der Waals surface area contributed by atoms with Crippen molar-refractivity contribution < 1.29 is 0 Å². The van der Waals surface area contributed by atoms with E-state index in [1.54, 1.807) is 0 Å². The molecule has 0 spiro atoms. The number of hydrogen-bond acceptors (Lipinski definition) is 2. The molecule has 0 amide bonds. The predicted octanol–water partition coefficient (Wildman–Crippen LogP) is 4.39. The molecule has 0 bridgehead atoms. The minimum absolute atomic E-state index is 0.0736. The van der Waals surface area contributed by atoms with Gasteiger partial charge < -0.3 is 0 Å².